The molecule has 0 aliphatic carbocycles. The molecule has 0 fully saturated rings. The van der Waals surface area contributed by atoms with Gasteiger partial charge in [-0.05, 0) is 39.0 Å². The molecule has 2 aromatic carbocycles. The molecule has 0 atom stereocenters. The van der Waals surface area contributed by atoms with Crippen molar-refractivity contribution < 1.29 is 9.90 Å². The molecule has 0 aliphatic rings. The van der Waals surface area contributed by atoms with Crippen LogP contribution in [-0.4, -0.2) is 16.1 Å². The van der Waals surface area contributed by atoms with Gasteiger partial charge in [-0.3, -0.25) is 4.98 Å². The molecule has 3 nitrogen and oxygen atoms in total. The van der Waals surface area contributed by atoms with Crippen LogP contribution in [0, 0.1) is 0 Å². The minimum Gasteiger partial charge on any atom is -0.478 e. The summed E-state index contributed by atoms with van der Waals surface area (Å²) in [4.78, 5) is 15.5. The standard InChI is InChI=1S/C16H10BrNO2/c17-15-6-5-10(7-13(15)16(19)20)14-9-18-8-11-3-1-2-4-12(11)14/h1-9H,(H,19,20). The van der Waals surface area contributed by atoms with Crippen molar-refractivity contribution in [2.24, 2.45) is 0 Å². The molecular weight excluding hydrogens is 318 g/mol. The molecule has 3 rings (SSSR count). The Morgan fingerprint density at radius 1 is 1.10 bits per heavy atom. The Bertz CT molecular complexity index is 809. The van der Waals surface area contributed by atoms with Gasteiger partial charge in [0.1, 0.15) is 0 Å². The Morgan fingerprint density at radius 3 is 2.70 bits per heavy atom. The van der Waals surface area contributed by atoms with Crippen molar-refractivity contribution in [3.05, 3.63) is 64.9 Å². The zero-order chi connectivity index (χ0) is 14.1. The van der Waals surface area contributed by atoms with Gasteiger partial charge in [0.15, 0.2) is 0 Å². The van der Waals surface area contributed by atoms with E-state index in [9.17, 15) is 9.90 Å². The van der Waals surface area contributed by atoms with Crippen molar-refractivity contribution in [2.75, 3.05) is 0 Å². The number of aromatic nitrogens is 1. The maximum Gasteiger partial charge on any atom is 0.336 e. The lowest BCUT2D eigenvalue weighted by Gasteiger charge is -2.08. The lowest BCUT2D eigenvalue weighted by atomic mass is 9.99. The van der Waals surface area contributed by atoms with Gasteiger partial charge in [0.25, 0.3) is 0 Å². The largest absolute Gasteiger partial charge is 0.478 e. The van der Waals surface area contributed by atoms with E-state index in [0.29, 0.717) is 4.47 Å². The van der Waals surface area contributed by atoms with E-state index in [0.717, 1.165) is 21.9 Å². The molecule has 0 saturated carbocycles. The summed E-state index contributed by atoms with van der Waals surface area (Å²) < 4.78 is 0.571. The first-order chi connectivity index (χ1) is 9.66. The van der Waals surface area contributed by atoms with Crippen molar-refractivity contribution in [2.45, 2.75) is 0 Å². The van der Waals surface area contributed by atoms with E-state index in [1.165, 1.54) is 0 Å². The second kappa shape index (κ2) is 5.06. The lowest BCUT2D eigenvalue weighted by Crippen LogP contribution is -1.98. The number of fused-ring (bicyclic) bond motifs is 1. The first kappa shape index (κ1) is 12.8. The number of rotatable bonds is 2. The number of carboxylic acid groups (broad SMARTS) is 1. The number of hydrogen-bond acceptors (Lipinski definition) is 2. The van der Waals surface area contributed by atoms with Gasteiger partial charge in [-0.25, -0.2) is 4.79 Å². The quantitative estimate of drug-likeness (QED) is 0.760. The lowest BCUT2D eigenvalue weighted by molar-refractivity contribution is 0.0696. The number of nitrogens with zero attached hydrogens (tertiary/aromatic N) is 1. The zero-order valence-electron chi connectivity index (χ0n) is 10.4. The Morgan fingerprint density at radius 2 is 1.90 bits per heavy atom. The van der Waals surface area contributed by atoms with Crippen LogP contribution in [-0.2, 0) is 0 Å². The van der Waals surface area contributed by atoms with Crippen LogP contribution in [0.4, 0.5) is 0 Å². The predicted octanol–water partition coefficient (Wildman–Crippen LogP) is 4.36. The summed E-state index contributed by atoms with van der Waals surface area (Å²) in [6.45, 7) is 0. The van der Waals surface area contributed by atoms with Crippen LogP contribution in [0.3, 0.4) is 0 Å². The smallest absolute Gasteiger partial charge is 0.336 e. The third-order valence-electron chi connectivity index (χ3n) is 3.18. The minimum absolute atomic E-state index is 0.246. The maximum atomic E-state index is 11.2. The van der Waals surface area contributed by atoms with E-state index in [2.05, 4.69) is 20.9 Å². The van der Waals surface area contributed by atoms with Crippen molar-refractivity contribution in [3.8, 4) is 11.1 Å². The molecule has 0 aliphatic heterocycles. The number of halogens is 1. The fraction of sp³-hybridized carbons (Fsp3) is 0. The van der Waals surface area contributed by atoms with Crippen molar-refractivity contribution >= 4 is 32.7 Å². The first-order valence-electron chi connectivity index (χ1n) is 6.03. The molecule has 0 amide bonds. The fourth-order valence-electron chi connectivity index (χ4n) is 2.20. The second-order valence-corrected chi connectivity index (χ2v) is 5.26. The predicted molar refractivity (Wildman–Crippen MR) is 81.8 cm³/mol. The number of aromatic carboxylic acids is 1. The Hall–Kier alpha value is -2.20. The molecule has 1 N–H and O–H groups in total. The highest BCUT2D eigenvalue weighted by molar-refractivity contribution is 9.10. The van der Waals surface area contributed by atoms with Crippen LogP contribution >= 0.6 is 15.9 Å². The van der Waals surface area contributed by atoms with Crippen molar-refractivity contribution in [1.82, 2.24) is 4.98 Å². The average molecular weight is 328 g/mol. The average Bonchev–Trinajstić information content (AvgIpc) is 2.47. The Kier molecular flexibility index (Phi) is 3.24. The number of carbonyl (C=O) groups is 1. The number of pyridine rings is 1. The van der Waals surface area contributed by atoms with E-state index < -0.39 is 5.97 Å². The van der Waals surface area contributed by atoms with Crippen LogP contribution in [0.25, 0.3) is 21.9 Å². The molecule has 20 heavy (non-hydrogen) atoms. The Balaban J connectivity index is 2.26. The van der Waals surface area contributed by atoms with Crippen molar-refractivity contribution in [3.63, 3.8) is 0 Å². The van der Waals surface area contributed by atoms with Gasteiger partial charge in [-0.15, -0.1) is 0 Å². The summed E-state index contributed by atoms with van der Waals surface area (Å²) in [7, 11) is 0. The molecule has 0 saturated heterocycles. The summed E-state index contributed by atoms with van der Waals surface area (Å²) in [6.07, 6.45) is 3.56. The van der Waals surface area contributed by atoms with Crippen LogP contribution < -0.4 is 0 Å². The van der Waals surface area contributed by atoms with Gasteiger partial charge in [0.2, 0.25) is 0 Å². The van der Waals surface area contributed by atoms with Crippen LogP contribution in [0.1, 0.15) is 10.4 Å². The van der Waals surface area contributed by atoms with Crippen molar-refractivity contribution in [1.29, 1.82) is 0 Å². The first-order valence-corrected chi connectivity index (χ1v) is 6.82. The highest BCUT2D eigenvalue weighted by atomic mass is 79.9. The third-order valence-corrected chi connectivity index (χ3v) is 3.87. The van der Waals surface area contributed by atoms with Gasteiger partial charge in [0.05, 0.1) is 5.56 Å². The number of carboxylic acids is 1. The van der Waals surface area contributed by atoms with E-state index in [1.807, 2.05) is 30.3 Å². The molecule has 1 aromatic heterocycles. The molecule has 1 heterocycles. The van der Waals surface area contributed by atoms with Gasteiger partial charge < -0.3 is 5.11 Å². The van der Waals surface area contributed by atoms with Gasteiger partial charge in [0, 0.05) is 27.8 Å². The summed E-state index contributed by atoms with van der Waals surface area (Å²) in [6, 6.07) is 13.2. The number of hydrogen-bond donors (Lipinski definition) is 1. The van der Waals surface area contributed by atoms with Gasteiger partial charge in [-0.2, -0.15) is 0 Å². The minimum atomic E-state index is -0.952. The molecule has 0 radical (unpaired) electrons. The Labute approximate surface area is 124 Å². The highest BCUT2D eigenvalue weighted by Gasteiger charge is 2.11. The summed E-state index contributed by atoms with van der Waals surface area (Å²) >= 11 is 3.26. The molecule has 4 heteroatoms. The van der Waals surface area contributed by atoms with E-state index in [1.54, 1.807) is 24.5 Å². The molecule has 0 spiro atoms. The van der Waals surface area contributed by atoms with Crippen LogP contribution in [0.2, 0.25) is 0 Å². The fourth-order valence-corrected chi connectivity index (χ4v) is 2.62. The van der Waals surface area contributed by atoms with Gasteiger partial charge in [-0.1, -0.05) is 30.3 Å². The highest BCUT2D eigenvalue weighted by Crippen LogP contribution is 2.30. The molecule has 0 bridgehead atoms. The SMILES string of the molecule is O=C(O)c1cc(-c2cncc3ccccc23)ccc1Br. The maximum absolute atomic E-state index is 11.2. The number of benzene rings is 2. The second-order valence-electron chi connectivity index (χ2n) is 4.41. The van der Waals surface area contributed by atoms with E-state index in [-0.39, 0.29) is 5.56 Å². The van der Waals surface area contributed by atoms with Crippen LogP contribution in [0.5, 0.6) is 0 Å². The molecule has 3 aromatic rings. The summed E-state index contributed by atoms with van der Waals surface area (Å²) in [5.74, 6) is -0.952. The van der Waals surface area contributed by atoms with E-state index >= 15 is 0 Å². The third kappa shape index (κ3) is 2.18. The van der Waals surface area contributed by atoms with Gasteiger partial charge >= 0.3 is 5.97 Å². The summed E-state index contributed by atoms with van der Waals surface area (Å²) in [5.41, 5.74) is 2.02. The monoisotopic (exact) mass is 327 g/mol. The molecular formula is C16H10BrNO2. The molecule has 0 unspecified atom stereocenters. The zero-order valence-corrected chi connectivity index (χ0v) is 12.0. The normalized spacial score (nSPS) is 10.7. The molecule has 98 valence electrons. The summed E-state index contributed by atoms with van der Waals surface area (Å²) in [5, 5.41) is 11.3. The topological polar surface area (TPSA) is 50.2 Å². The van der Waals surface area contributed by atoms with Crippen LogP contribution in [0.15, 0.2) is 59.3 Å². The van der Waals surface area contributed by atoms with E-state index in [4.69, 9.17) is 0 Å².